The highest BCUT2D eigenvalue weighted by Gasteiger charge is 2.43. The molecule has 12 heteroatoms. The molecule has 1 unspecified atom stereocenters. The number of likely N-dealkylation sites (N-methyl/N-ethyl adjacent to an activating group) is 1. The number of rotatable bonds is 22. The van der Waals surface area contributed by atoms with Crippen LogP contribution < -0.4 is 5.73 Å². The van der Waals surface area contributed by atoms with Crippen molar-refractivity contribution in [3.8, 4) is 0 Å². The molecule has 1 heterocycles. The summed E-state index contributed by atoms with van der Waals surface area (Å²) in [5.74, 6) is -1.18. The van der Waals surface area contributed by atoms with Crippen LogP contribution in [0.2, 0.25) is 0 Å². The predicted octanol–water partition coefficient (Wildman–Crippen LogP) is 5.46. The van der Waals surface area contributed by atoms with E-state index in [-0.39, 0.29) is 67.4 Å². The molecule has 2 amide bonds. The number of Topliss-reactive ketones (excluding diaryl/α,β-unsaturated/α-hetero) is 1. The summed E-state index contributed by atoms with van der Waals surface area (Å²) in [5, 5.41) is 0. The normalized spacial score (nSPS) is 20.6. The third-order valence-corrected chi connectivity index (χ3v) is 12.2. The van der Waals surface area contributed by atoms with Gasteiger partial charge in [-0.15, -0.1) is 0 Å². The average Bonchev–Trinajstić information content (AvgIpc) is 3.57. The molecule has 1 aliphatic heterocycles. The van der Waals surface area contributed by atoms with Gasteiger partial charge >= 0.3 is 7.60 Å². The number of hydrogen-bond acceptors (Lipinski definition) is 8. The van der Waals surface area contributed by atoms with Crippen molar-refractivity contribution >= 4 is 25.2 Å². The van der Waals surface area contributed by atoms with E-state index in [4.69, 9.17) is 19.7 Å². The zero-order valence-corrected chi connectivity index (χ0v) is 32.3. The van der Waals surface area contributed by atoms with E-state index < -0.39 is 37.4 Å². The van der Waals surface area contributed by atoms with Gasteiger partial charge in [-0.25, -0.2) is 0 Å². The van der Waals surface area contributed by atoms with Gasteiger partial charge in [0.15, 0.2) is 0 Å². The molecule has 1 aromatic rings. The maximum absolute atomic E-state index is 14.0. The molecule has 2 rings (SSSR count). The first kappa shape index (κ1) is 43.0. The molecule has 1 aliphatic rings. The molecule has 49 heavy (non-hydrogen) atoms. The standard InChI is InChI=1S/C37H64N3O8P/c1-10-12-21-48-49(44,45)29(22-28-17-14-13-15-18-28)23-31(41)27(6)36(47-9)30-19-16-20-40(30)33(42)24-32(46-8)35(26(5)11-2)39(7)37(43)34(38)25(3)4/h13-15,17-18,25-27,29-30,32,34-36H,10-12,16,19-24,38H2,1-9H3,(H,44,45)/t26-,27-,29+,30-,32+,34-,35-,36+/m0/s1. The molecule has 0 spiro atoms. The number of carbonyl (C=O) groups excluding carboxylic acids is 3. The van der Waals surface area contributed by atoms with E-state index in [1.165, 1.54) is 7.11 Å². The van der Waals surface area contributed by atoms with E-state index in [9.17, 15) is 23.8 Å². The van der Waals surface area contributed by atoms with Crippen molar-refractivity contribution in [1.82, 2.24) is 9.80 Å². The molecule has 1 aromatic carbocycles. The number of amides is 2. The number of ether oxygens (including phenoxy) is 2. The van der Waals surface area contributed by atoms with Crippen LogP contribution in [0, 0.1) is 17.8 Å². The van der Waals surface area contributed by atoms with Crippen LogP contribution in [-0.2, 0) is 39.4 Å². The van der Waals surface area contributed by atoms with Gasteiger partial charge in [-0.05, 0) is 43.1 Å². The summed E-state index contributed by atoms with van der Waals surface area (Å²) in [6, 6.07) is 7.95. The number of ketones is 1. The number of carbonyl (C=O) groups is 3. The van der Waals surface area contributed by atoms with Crippen molar-refractivity contribution in [1.29, 1.82) is 0 Å². The van der Waals surface area contributed by atoms with Crippen LogP contribution >= 0.6 is 7.60 Å². The van der Waals surface area contributed by atoms with E-state index in [2.05, 4.69) is 0 Å². The van der Waals surface area contributed by atoms with Crippen LogP contribution in [0.15, 0.2) is 30.3 Å². The summed E-state index contributed by atoms with van der Waals surface area (Å²) < 4.78 is 30.8. The first-order valence-electron chi connectivity index (χ1n) is 18.1. The Balaban J connectivity index is 2.27. The maximum atomic E-state index is 14.0. The summed E-state index contributed by atoms with van der Waals surface area (Å²) in [7, 11) is 0.706. The summed E-state index contributed by atoms with van der Waals surface area (Å²) in [6.07, 6.45) is 2.58. The average molecular weight is 710 g/mol. The van der Waals surface area contributed by atoms with Gasteiger partial charge in [0.2, 0.25) is 11.8 Å². The van der Waals surface area contributed by atoms with Crippen LogP contribution in [0.1, 0.15) is 92.1 Å². The molecule has 1 saturated heterocycles. The van der Waals surface area contributed by atoms with Gasteiger partial charge in [-0.3, -0.25) is 18.9 Å². The minimum Gasteiger partial charge on any atom is -0.379 e. The van der Waals surface area contributed by atoms with Crippen molar-refractivity contribution in [3.63, 3.8) is 0 Å². The third-order valence-electron chi connectivity index (χ3n) is 10.3. The van der Waals surface area contributed by atoms with Gasteiger partial charge in [0.05, 0.1) is 49.0 Å². The number of methoxy groups -OCH3 is 2. The number of likely N-dealkylation sites (tertiary alicyclic amines) is 1. The van der Waals surface area contributed by atoms with Gasteiger partial charge in [0, 0.05) is 40.2 Å². The molecule has 1 fully saturated rings. The Hall–Kier alpha value is -2.14. The van der Waals surface area contributed by atoms with Crippen molar-refractivity contribution < 1.29 is 37.8 Å². The van der Waals surface area contributed by atoms with Crippen molar-refractivity contribution in [2.45, 2.75) is 129 Å². The molecule has 9 atom stereocenters. The number of nitrogens with two attached hydrogens (primary N) is 1. The topological polar surface area (TPSA) is 149 Å². The van der Waals surface area contributed by atoms with Crippen LogP contribution in [0.5, 0.6) is 0 Å². The largest absolute Gasteiger partial charge is 0.379 e. The fraction of sp³-hybridized carbons (Fsp3) is 0.757. The molecule has 3 N–H and O–H groups in total. The van der Waals surface area contributed by atoms with E-state index in [1.54, 1.807) is 30.9 Å². The second-order valence-electron chi connectivity index (χ2n) is 14.1. The van der Waals surface area contributed by atoms with Crippen molar-refractivity contribution in [3.05, 3.63) is 35.9 Å². The van der Waals surface area contributed by atoms with Gasteiger partial charge in [-0.2, -0.15) is 0 Å². The van der Waals surface area contributed by atoms with Crippen LogP contribution in [0.4, 0.5) is 0 Å². The lowest BCUT2D eigenvalue weighted by Gasteiger charge is -2.40. The second kappa shape index (κ2) is 20.6. The summed E-state index contributed by atoms with van der Waals surface area (Å²) in [5.41, 5.74) is 6.17. The second-order valence-corrected chi connectivity index (χ2v) is 16.2. The third kappa shape index (κ3) is 12.0. The first-order valence-corrected chi connectivity index (χ1v) is 19.7. The molecule has 280 valence electrons. The Morgan fingerprint density at radius 1 is 1.06 bits per heavy atom. The summed E-state index contributed by atoms with van der Waals surface area (Å²) in [4.78, 5) is 55.6. The summed E-state index contributed by atoms with van der Waals surface area (Å²) in [6.45, 7) is 12.3. The van der Waals surface area contributed by atoms with Crippen molar-refractivity contribution in [2.75, 3.05) is 34.4 Å². The number of unbranched alkanes of at least 4 members (excludes halogenated alkanes) is 1. The highest BCUT2D eigenvalue weighted by molar-refractivity contribution is 7.53. The smallest absolute Gasteiger partial charge is 0.331 e. The fourth-order valence-corrected chi connectivity index (χ4v) is 8.37. The lowest BCUT2D eigenvalue weighted by molar-refractivity contribution is -0.146. The molecule has 0 aromatic heterocycles. The van der Waals surface area contributed by atoms with E-state index in [0.717, 1.165) is 24.8 Å². The van der Waals surface area contributed by atoms with E-state index in [0.29, 0.717) is 19.4 Å². The Morgan fingerprint density at radius 3 is 2.27 bits per heavy atom. The molecular weight excluding hydrogens is 645 g/mol. The molecule has 0 saturated carbocycles. The zero-order valence-electron chi connectivity index (χ0n) is 31.4. The highest BCUT2D eigenvalue weighted by atomic mass is 31.2. The quantitative estimate of drug-likeness (QED) is 0.118. The first-order chi connectivity index (χ1) is 23.1. The number of hydrogen-bond donors (Lipinski definition) is 2. The van der Waals surface area contributed by atoms with Gasteiger partial charge in [0.25, 0.3) is 0 Å². The molecule has 0 radical (unpaired) electrons. The molecule has 0 bridgehead atoms. The van der Waals surface area contributed by atoms with Crippen LogP contribution in [0.25, 0.3) is 0 Å². The van der Waals surface area contributed by atoms with E-state index >= 15 is 0 Å². The highest BCUT2D eigenvalue weighted by Crippen LogP contribution is 2.51. The molecular formula is C37H64N3O8P. The molecule has 11 nitrogen and oxygen atoms in total. The summed E-state index contributed by atoms with van der Waals surface area (Å²) >= 11 is 0. The van der Waals surface area contributed by atoms with Crippen molar-refractivity contribution in [2.24, 2.45) is 23.5 Å². The lowest BCUT2D eigenvalue weighted by atomic mass is 9.88. The monoisotopic (exact) mass is 709 g/mol. The van der Waals surface area contributed by atoms with Gasteiger partial charge in [0.1, 0.15) is 5.78 Å². The van der Waals surface area contributed by atoms with Crippen LogP contribution in [0.3, 0.4) is 0 Å². The Morgan fingerprint density at radius 2 is 1.71 bits per heavy atom. The number of benzene rings is 1. The zero-order chi connectivity index (χ0) is 36.9. The maximum Gasteiger partial charge on any atom is 0.331 e. The Labute approximate surface area is 295 Å². The van der Waals surface area contributed by atoms with Gasteiger partial charge in [-0.1, -0.05) is 84.7 Å². The predicted molar refractivity (Wildman–Crippen MR) is 193 cm³/mol. The SMILES string of the molecule is CCCCOP(=O)(O)[C@@H](CC(=O)[C@H](C)[C@@H](OC)[C@@H]1CCCN1C(=O)C[C@@H](OC)[C@H]([C@@H](C)CC)N(C)C(=O)[C@@H](N)C(C)C)Cc1ccccc1. The van der Waals surface area contributed by atoms with E-state index in [1.807, 2.05) is 65.0 Å². The minimum atomic E-state index is -4.13. The lowest BCUT2D eigenvalue weighted by Crippen LogP contribution is -2.56. The van der Waals surface area contributed by atoms with Gasteiger partial charge < -0.3 is 34.4 Å². The van der Waals surface area contributed by atoms with Crippen LogP contribution in [-0.4, -0.2) is 103 Å². The Bertz CT molecular complexity index is 1220. The number of nitrogens with zero attached hydrogens (tertiary/aromatic N) is 2. The minimum absolute atomic E-state index is 0.0392. The Kier molecular flexibility index (Phi) is 18.1. The fourth-order valence-electron chi connectivity index (χ4n) is 6.91. The molecule has 0 aliphatic carbocycles.